The van der Waals surface area contributed by atoms with Gasteiger partial charge in [0, 0.05) is 19.8 Å². The van der Waals surface area contributed by atoms with E-state index in [9.17, 15) is 4.79 Å². The zero-order valence-corrected chi connectivity index (χ0v) is 12.0. The fourth-order valence-corrected chi connectivity index (χ4v) is 4.48. The summed E-state index contributed by atoms with van der Waals surface area (Å²) in [4.78, 5) is 10.8. The standard InChI is InChI=1S/C10H23NO5Si/c1-5-9(11-10(12)13)17(14-6-2,15-7-3)16-8-4/h9,11H,5-8H2,1-4H3,(H,12,13). The molecule has 17 heavy (non-hydrogen) atoms. The zero-order valence-electron chi connectivity index (χ0n) is 11.0. The Labute approximate surface area is 104 Å². The second-order valence-corrected chi connectivity index (χ2v) is 6.08. The van der Waals surface area contributed by atoms with Crippen molar-refractivity contribution in [1.29, 1.82) is 0 Å². The van der Waals surface area contributed by atoms with Gasteiger partial charge in [-0.3, -0.25) is 0 Å². The van der Waals surface area contributed by atoms with Crippen molar-refractivity contribution in [2.75, 3.05) is 19.8 Å². The monoisotopic (exact) mass is 265 g/mol. The lowest BCUT2D eigenvalue weighted by Gasteiger charge is -2.34. The van der Waals surface area contributed by atoms with Crippen LogP contribution >= 0.6 is 0 Å². The SMILES string of the molecule is CCO[Si](OCC)(OCC)C(CC)NC(=O)O. The van der Waals surface area contributed by atoms with Crippen LogP contribution in [0.2, 0.25) is 0 Å². The lowest BCUT2D eigenvalue weighted by Crippen LogP contribution is -2.62. The first-order valence-electron chi connectivity index (χ1n) is 5.97. The minimum Gasteiger partial charge on any atom is -0.465 e. The third kappa shape index (κ3) is 5.03. The van der Waals surface area contributed by atoms with Gasteiger partial charge in [-0.15, -0.1) is 0 Å². The van der Waals surface area contributed by atoms with Crippen molar-refractivity contribution in [3.63, 3.8) is 0 Å². The molecular weight excluding hydrogens is 242 g/mol. The fraction of sp³-hybridized carbons (Fsp3) is 0.900. The molecule has 0 aliphatic rings. The van der Waals surface area contributed by atoms with E-state index in [2.05, 4.69) is 5.32 Å². The summed E-state index contributed by atoms with van der Waals surface area (Å²) in [6.07, 6.45) is -0.522. The van der Waals surface area contributed by atoms with E-state index in [-0.39, 0.29) is 0 Å². The van der Waals surface area contributed by atoms with Crippen LogP contribution in [0, 0.1) is 0 Å². The topological polar surface area (TPSA) is 77.0 Å². The lowest BCUT2D eigenvalue weighted by molar-refractivity contribution is 0.0570. The van der Waals surface area contributed by atoms with E-state index in [4.69, 9.17) is 18.4 Å². The number of amides is 1. The molecular formula is C10H23NO5Si. The Morgan fingerprint density at radius 2 is 1.53 bits per heavy atom. The first kappa shape index (κ1) is 16.4. The highest BCUT2D eigenvalue weighted by Crippen LogP contribution is 2.17. The molecule has 0 rings (SSSR count). The maximum absolute atomic E-state index is 10.8. The Hall–Kier alpha value is -0.633. The molecule has 0 fully saturated rings. The molecule has 0 aromatic heterocycles. The van der Waals surface area contributed by atoms with E-state index in [1.54, 1.807) is 0 Å². The fourth-order valence-electron chi connectivity index (χ4n) is 1.62. The Morgan fingerprint density at radius 3 is 1.76 bits per heavy atom. The van der Waals surface area contributed by atoms with Crippen LogP contribution in [-0.4, -0.2) is 45.5 Å². The second kappa shape index (κ2) is 8.46. The molecule has 1 unspecified atom stereocenters. The molecule has 0 spiro atoms. The molecule has 0 radical (unpaired) electrons. The van der Waals surface area contributed by atoms with Gasteiger partial charge in [-0.1, -0.05) is 6.92 Å². The Bertz CT molecular complexity index is 210. The highest BCUT2D eigenvalue weighted by atomic mass is 28.4. The number of hydrogen-bond donors (Lipinski definition) is 2. The van der Waals surface area contributed by atoms with Crippen LogP contribution in [0.25, 0.3) is 0 Å². The van der Waals surface area contributed by atoms with Gasteiger partial charge in [0.15, 0.2) is 0 Å². The van der Waals surface area contributed by atoms with Crippen molar-refractivity contribution in [3.05, 3.63) is 0 Å². The number of carbonyl (C=O) groups is 1. The Balaban J connectivity index is 4.96. The summed E-state index contributed by atoms with van der Waals surface area (Å²) in [5, 5.41) is 11.3. The maximum Gasteiger partial charge on any atom is 0.524 e. The highest BCUT2D eigenvalue weighted by Gasteiger charge is 2.49. The van der Waals surface area contributed by atoms with Gasteiger partial charge >= 0.3 is 14.9 Å². The van der Waals surface area contributed by atoms with Gasteiger partial charge in [0.25, 0.3) is 0 Å². The molecule has 0 aliphatic heterocycles. The molecule has 0 aliphatic carbocycles. The molecule has 102 valence electrons. The van der Waals surface area contributed by atoms with Gasteiger partial charge in [-0.05, 0) is 27.2 Å². The minimum absolute atomic E-state index is 0.431. The molecule has 7 heteroatoms. The van der Waals surface area contributed by atoms with Crippen LogP contribution in [0.5, 0.6) is 0 Å². The predicted octanol–water partition coefficient (Wildman–Crippen LogP) is 1.62. The third-order valence-electron chi connectivity index (χ3n) is 2.17. The van der Waals surface area contributed by atoms with E-state index in [0.717, 1.165) is 0 Å². The third-order valence-corrected chi connectivity index (χ3v) is 5.65. The number of rotatable bonds is 9. The summed E-state index contributed by atoms with van der Waals surface area (Å²) in [7, 11) is -2.98. The molecule has 1 amide bonds. The maximum atomic E-state index is 10.8. The quantitative estimate of drug-likeness (QED) is 0.619. The normalized spacial score (nSPS) is 13.4. The summed E-state index contributed by atoms with van der Waals surface area (Å²) >= 11 is 0. The second-order valence-electron chi connectivity index (χ2n) is 3.31. The zero-order chi connectivity index (χ0) is 13.3. The minimum atomic E-state index is -2.98. The van der Waals surface area contributed by atoms with Crippen LogP contribution < -0.4 is 5.32 Å². The van der Waals surface area contributed by atoms with Gasteiger partial charge in [0.1, 0.15) is 5.67 Å². The highest BCUT2D eigenvalue weighted by molar-refractivity contribution is 6.62. The van der Waals surface area contributed by atoms with E-state index in [1.807, 2.05) is 27.7 Å². The molecule has 6 nitrogen and oxygen atoms in total. The summed E-state index contributed by atoms with van der Waals surface area (Å²) in [6, 6.07) is 0. The van der Waals surface area contributed by atoms with Gasteiger partial charge in [0.2, 0.25) is 0 Å². The van der Waals surface area contributed by atoms with Crippen LogP contribution in [0.1, 0.15) is 34.1 Å². The van der Waals surface area contributed by atoms with Crippen molar-refractivity contribution in [2.45, 2.75) is 39.8 Å². The smallest absolute Gasteiger partial charge is 0.465 e. The van der Waals surface area contributed by atoms with Crippen LogP contribution in [0.15, 0.2) is 0 Å². The molecule has 0 bridgehead atoms. The largest absolute Gasteiger partial charge is 0.524 e. The molecule has 1 atom stereocenters. The average molecular weight is 265 g/mol. The number of nitrogens with one attached hydrogen (secondary N) is 1. The Kier molecular flexibility index (Phi) is 8.14. The summed E-state index contributed by atoms with van der Waals surface area (Å²) in [5.74, 6) is 0. The van der Waals surface area contributed by atoms with Crippen LogP contribution in [0.3, 0.4) is 0 Å². The number of hydrogen-bond acceptors (Lipinski definition) is 4. The Morgan fingerprint density at radius 1 is 1.12 bits per heavy atom. The van der Waals surface area contributed by atoms with Crippen LogP contribution in [-0.2, 0) is 13.3 Å². The van der Waals surface area contributed by atoms with E-state index >= 15 is 0 Å². The van der Waals surface area contributed by atoms with E-state index in [1.165, 1.54) is 0 Å². The number of carboxylic acid groups (broad SMARTS) is 1. The van der Waals surface area contributed by atoms with Gasteiger partial charge in [-0.2, -0.15) is 0 Å². The predicted molar refractivity (Wildman–Crippen MR) is 65.9 cm³/mol. The molecule has 0 aromatic rings. The van der Waals surface area contributed by atoms with Crippen molar-refractivity contribution >= 4 is 14.9 Å². The van der Waals surface area contributed by atoms with Gasteiger partial charge in [0.05, 0.1) is 0 Å². The summed E-state index contributed by atoms with van der Waals surface area (Å²) in [5.41, 5.74) is -0.431. The van der Waals surface area contributed by atoms with E-state index < -0.39 is 20.6 Å². The van der Waals surface area contributed by atoms with Gasteiger partial charge < -0.3 is 23.7 Å². The lowest BCUT2D eigenvalue weighted by atomic mass is 10.5. The molecule has 0 aromatic carbocycles. The molecule has 2 N–H and O–H groups in total. The van der Waals surface area contributed by atoms with Crippen molar-refractivity contribution in [3.8, 4) is 0 Å². The average Bonchev–Trinajstić information content (AvgIpc) is 2.26. The van der Waals surface area contributed by atoms with Crippen LogP contribution in [0.4, 0.5) is 4.79 Å². The molecule has 0 saturated heterocycles. The van der Waals surface area contributed by atoms with Crippen molar-refractivity contribution in [1.82, 2.24) is 5.32 Å². The molecule has 0 saturated carbocycles. The van der Waals surface area contributed by atoms with Gasteiger partial charge in [-0.25, -0.2) is 4.79 Å². The first-order valence-corrected chi connectivity index (χ1v) is 7.77. The van der Waals surface area contributed by atoms with Crippen molar-refractivity contribution in [2.24, 2.45) is 0 Å². The van der Waals surface area contributed by atoms with Crippen molar-refractivity contribution < 1.29 is 23.2 Å². The summed E-state index contributed by atoms with van der Waals surface area (Å²) < 4.78 is 16.9. The summed E-state index contributed by atoms with van der Waals surface area (Å²) in [6.45, 7) is 8.70. The first-order chi connectivity index (χ1) is 8.06. The molecule has 0 heterocycles. The van der Waals surface area contributed by atoms with E-state index in [0.29, 0.717) is 26.2 Å².